The molecule has 130 valence electrons. The molecule has 24 heavy (non-hydrogen) atoms. The van der Waals surface area contributed by atoms with E-state index in [1.807, 2.05) is 37.3 Å². The average Bonchev–Trinajstić information content (AvgIpc) is 2.61. The van der Waals surface area contributed by atoms with Crippen LogP contribution in [0.4, 0.5) is 0 Å². The maximum absolute atomic E-state index is 12.3. The van der Waals surface area contributed by atoms with Crippen molar-refractivity contribution < 1.29 is 17.9 Å². The molecule has 2 rings (SSSR count). The van der Waals surface area contributed by atoms with Crippen LogP contribution in [-0.2, 0) is 22.9 Å². The van der Waals surface area contributed by atoms with Gasteiger partial charge in [-0.3, -0.25) is 0 Å². The van der Waals surface area contributed by atoms with Crippen molar-refractivity contribution in [3.8, 4) is 11.5 Å². The van der Waals surface area contributed by atoms with Gasteiger partial charge in [-0.15, -0.1) is 0 Å². The lowest BCUT2D eigenvalue weighted by Gasteiger charge is -2.10. The van der Waals surface area contributed by atoms with Crippen molar-refractivity contribution in [1.29, 1.82) is 0 Å². The molecule has 0 bridgehead atoms. The van der Waals surface area contributed by atoms with E-state index in [0.29, 0.717) is 24.5 Å². The van der Waals surface area contributed by atoms with Gasteiger partial charge in [-0.05, 0) is 48.2 Å². The van der Waals surface area contributed by atoms with E-state index in [4.69, 9.17) is 9.47 Å². The Morgan fingerprint density at radius 3 is 2.12 bits per heavy atom. The van der Waals surface area contributed by atoms with Crippen molar-refractivity contribution in [3.63, 3.8) is 0 Å². The minimum absolute atomic E-state index is 0.284. The van der Waals surface area contributed by atoms with Crippen LogP contribution in [0.2, 0.25) is 0 Å². The summed E-state index contributed by atoms with van der Waals surface area (Å²) in [5.74, 6) is 1.28. The van der Waals surface area contributed by atoms with Gasteiger partial charge in [0.25, 0.3) is 0 Å². The van der Waals surface area contributed by atoms with E-state index in [1.54, 1.807) is 26.4 Å². The van der Waals surface area contributed by atoms with Crippen LogP contribution in [0.5, 0.6) is 11.5 Å². The molecular formula is C18H23NO4S. The number of benzene rings is 2. The fraction of sp³-hybridized carbons (Fsp3) is 0.333. The Morgan fingerprint density at radius 1 is 0.917 bits per heavy atom. The fourth-order valence-corrected chi connectivity index (χ4v) is 3.39. The lowest BCUT2D eigenvalue weighted by Crippen LogP contribution is -2.26. The van der Waals surface area contributed by atoms with Gasteiger partial charge in [0.2, 0.25) is 10.0 Å². The normalized spacial score (nSPS) is 11.3. The first-order valence-electron chi connectivity index (χ1n) is 7.79. The minimum Gasteiger partial charge on any atom is -0.493 e. The van der Waals surface area contributed by atoms with Crippen LogP contribution in [0.25, 0.3) is 0 Å². The first kappa shape index (κ1) is 18.3. The molecule has 0 heterocycles. The van der Waals surface area contributed by atoms with Gasteiger partial charge in [0.1, 0.15) is 0 Å². The predicted molar refractivity (Wildman–Crippen MR) is 94.3 cm³/mol. The van der Waals surface area contributed by atoms with Crippen molar-refractivity contribution >= 4 is 10.0 Å². The molecule has 2 aromatic carbocycles. The molecule has 0 saturated heterocycles. The molecule has 2 aromatic rings. The molecule has 0 fully saturated rings. The number of hydrogen-bond donors (Lipinski definition) is 1. The highest BCUT2D eigenvalue weighted by Crippen LogP contribution is 2.27. The summed E-state index contributed by atoms with van der Waals surface area (Å²) < 4.78 is 37.6. The second-order valence-electron chi connectivity index (χ2n) is 5.33. The van der Waals surface area contributed by atoms with Crippen LogP contribution >= 0.6 is 0 Å². The Labute approximate surface area is 143 Å². The lowest BCUT2D eigenvalue weighted by molar-refractivity contribution is 0.354. The summed E-state index contributed by atoms with van der Waals surface area (Å²) in [5, 5.41) is 0. The van der Waals surface area contributed by atoms with E-state index in [9.17, 15) is 8.42 Å². The van der Waals surface area contributed by atoms with E-state index >= 15 is 0 Å². The lowest BCUT2D eigenvalue weighted by atomic mass is 10.1. The molecule has 0 unspecified atom stereocenters. The van der Waals surface area contributed by atoms with E-state index in [0.717, 1.165) is 17.5 Å². The third-order valence-electron chi connectivity index (χ3n) is 3.80. The second kappa shape index (κ2) is 8.17. The topological polar surface area (TPSA) is 64.6 Å². The highest BCUT2D eigenvalue weighted by Gasteiger charge is 2.13. The van der Waals surface area contributed by atoms with Gasteiger partial charge in [0.15, 0.2) is 11.5 Å². The number of rotatable bonds is 8. The van der Waals surface area contributed by atoms with E-state index in [1.165, 1.54) is 0 Å². The summed E-state index contributed by atoms with van der Waals surface area (Å²) in [6.45, 7) is 2.35. The van der Waals surface area contributed by atoms with Crippen LogP contribution in [0.1, 0.15) is 18.1 Å². The van der Waals surface area contributed by atoms with Crippen molar-refractivity contribution in [2.75, 3.05) is 20.8 Å². The van der Waals surface area contributed by atoms with Gasteiger partial charge >= 0.3 is 0 Å². The third-order valence-corrected chi connectivity index (χ3v) is 5.27. The SMILES string of the molecule is CCc1ccc(S(=O)(=O)NCCc2ccc(OC)c(OC)c2)cc1. The van der Waals surface area contributed by atoms with Gasteiger partial charge in [-0.2, -0.15) is 0 Å². The maximum Gasteiger partial charge on any atom is 0.240 e. The molecule has 0 aromatic heterocycles. The molecule has 0 aliphatic carbocycles. The Morgan fingerprint density at radius 2 is 1.54 bits per heavy atom. The zero-order valence-electron chi connectivity index (χ0n) is 14.2. The Hall–Kier alpha value is -2.05. The molecule has 0 aliphatic rings. The predicted octanol–water partition coefficient (Wildman–Crippen LogP) is 2.79. The van der Waals surface area contributed by atoms with Crippen LogP contribution in [0, 0.1) is 0 Å². The smallest absolute Gasteiger partial charge is 0.240 e. The van der Waals surface area contributed by atoms with Crippen LogP contribution in [-0.4, -0.2) is 29.2 Å². The monoisotopic (exact) mass is 349 g/mol. The number of methoxy groups -OCH3 is 2. The molecule has 0 spiro atoms. The molecule has 0 aliphatic heterocycles. The summed E-state index contributed by atoms with van der Waals surface area (Å²) in [5.41, 5.74) is 2.08. The number of aryl methyl sites for hydroxylation is 1. The molecule has 6 heteroatoms. The molecular weight excluding hydrogens is 326 g/mol. The summed E-state index contributed by atoms with van der Waals surface area (Å²) in [4.78, 5) is 0.284. The van der Waals surface area contributed by atoms with Crippen molar-refractivity contribution in [1.82, 2.24) is 4.72 Å². The third kappa shape index (κ3) is 4.49. The van der Waals surface area contributed by atoms with Gasteiger partial charge in [0.05, 0.1) is 19.1 Å². The fourth-order valence-electron chi connectivity index (χ4n) is 2.35. The van der Waals surface area contributed by atoms with Gasteiger partial charge < -0.3 is 9.47 Å². The van der Waals surface area contributed by atoms with Crippen LogP contribution in [0.3, 0.4) is 0 Å². The first-order chi connectivity index (χ1) is 11.5. The Balaban J connectivity index is 1.99. The number of sulfonamides is 1. The standard InChI is InChI=1S/C18H23NO4S/c1-4-14-5-8-16(9-6-14)24(20,21)19-12-11-15-7-10-17(22-2)18(13-15)23-3/h5-10,13,19H,4,11-12H2,1-3H3. The van der Waals surface area contributed by atoms with E-state index in [-0.39, 0.29) is 4.90 Å². The summed E-state index contributed by atoms with van der Waals surface area (Å²) in [6.07, 6.45) is 1.44. The van der Waals surface area contributed by atoms with E-state index < -0.39 is 10.0 Å². The van der Waals surface area contributed by atoms with E-state index in [2.05, 4.69) is 4.72 Å². The minimum atomic E-state index is -3.49. The number of ether oxygens (including phenoxy) is 2. The molecule has 5 nitrogen and oxygen atoms in total. The second-order valence-corrected chi connectivity index (χ2v) is 7.10. The van der Waals surface area contributed by atoms with Crippen molar-refractivity contribution in [3.05, 3.63) is 53.6 Å². The van der Waals surface area contributed by atoms with Crippen LogP contribution < -0.4 is 14.2 Å². The Bertz CT molecular complexity index is 770. The van der Waals surface area contributed by atoms with Gasteiger partial charge in [0, 0.05) is 6.54 Å². The number of nitrogens with one attached hydrogen (secondary N) is 1. The summed E-state index contributed by atoms with van der Waals surface area (Å²) in [6, 6.07) is 12.5. The quantitative estimate of drug-likeness (QED) is 0.796. The maximum atomic E-state index is 12.3. The summed E-state index contributed by atoms with van der Waals surface area (Å²) >= 11 is 0. The molecule has 0 saturated carbocycles. The highest BCUT2D eigenvalue weighted by molar-refractivity contribution is 7.89. The molecule has 0 radical (unpaired) electrons. The van der Waals surface area contributed by atoms with Crippen molar-refractivity contribution in [2.45, 2.75) is 24.7 Å². The highest BCUT2D eigenvalue weighted by atomic mass is 32.2. The zero-order valence-corrected chi connectivity index (χ0v) is 15.0. The Kier molecular flexibility index (Phi) is 6.23. The molecule has 0 atom stereocenters. The molecule has 0 amide bonds. The summed E-state index contributed by atoms with van der Waals surface area (Å²) in [7, 11) is -0.337. The largest absolute Gasteiger partial charge is 0.493 e. The zero-order chi connectivity index (χ0) is 17.6. The average molecular weight is 349 g/mol. The van der Waals surface area contributed by atoms with Crippen molar-refractivity contribution in [2.24, 2.45) is 0 Å². The van der Waals surface area contributed by atoms with Crippen LogP contribution in [0.15, 0.2) is 47.4 Å². The molecule has 1 N–H and O–H groups in total. The number of hydrogen-bond acceptors (Lipinski definition) is 4. The van der Waals surface area contributed by atoms with Gasteiger partial charge in [-0.1, -0.05) is 25.1 Å². The van der Waals surface area contributed by atoms with Gasteiger partial charge in [-0.25, -0.2) is 13.1 Å². The first-order valence-corrected chi connectivity index (χ1v) is 9.28.